The maximum atomic E-state index is 12.6. The maximum Gasteiger partial charge on any atom is 0.256 e. The van der Waals surface area contributed by atoms with Gasteiger partial charge in [0.2, 0.25) is 5.91 Å². The highest BCUT2D eigenvalue weighted by Gasteiger charge is 2.48. The van der Waals surface area contributed by atoms with E-state index in [4.69, 9.17) is 0 Å². The number of benzene rings is 2. The van der Waals surface area contributed by atoms with Gasteiger partial charge in [-0.05, 0) is 24.1 Å². The molecule has 4 nitrogen and oxygen atoms in total. The van der Waals surface area contributed by atoms with Crippen molar-refractivity contribution >= 4 is 23.6 Å². The molecule has 0 spiro atoms. The average Bonchev–Trinajstić information content (AvgIpc) is 3.15. The molecular weight excluding hydrogens is 320 g/mol. The molecule has 2 unspecified atom stereocenters. The molecule has 2 amide bonds. The van der Waals surface area contributed by atoms with Gasteiger partial charge in [-0.25, -0.2) is 0 Å². The van der Waals surface area contributed by atoms with Crippen LogP contribution in [0.5, 0.6) is 0 Å². The summed E-state index contributed by atoms with van der Waals surface area (Å²) in [5.74, 6) is 0.535. The number of hydrogen-bond acceptors (Lipinski definition) is 3. The number of fused-ring (bicyclic) bond motifs is 3. The van der Waals surface area contributed by atoms with Crippen LogP contribution in [0.25, 0.3) is 0 Å². The summed E-state index contributed by atoms with van der Waals surface area (Å²) in [4.78, 5) is 27.0. The average molecular weight is 338 g/mol. The van der Waals surface area contributed by atoms with E-state index in [0.29, 0.717) is 12.3 Å². The van der Waals surface area contributed by atoms with E-state index in [1.165, 1.54) is 5.56 Å². The third kappa shape index (κ3) is 2.49. The molecule has 0 aromatic heterocycles. The van der Waals surface area contributed by atoms with Gasteiger partial charge in [-0.2, -0.15) is 0 Å². The van der Waals surface area contributed by atoms with Gasteiger partial charge in [0.25, 0.3) is 5.91 Å². The first-order chi connectivity index (χ1) is 11.6. The molecule has 122 valence electrons. The van der Waals surface area contributed by atoms with Crippen molar-refractivity contribution in [3.8, 4) is 0 Å². The number of carbonyl (C=O) groups is 2. The summed E-state index contributed by atoms with van der Waals surface area (Å²) in [7, 11) is 0. The van der Waals surface area contributed by atoms with Crippen LogP contribution >= 0.6 is 11.8 Å². The molecule has 5 heteroatoms. The quantitative estimate of drug-likeness (QED) is 0.936. The Hall–Kier alpha value is -2.27. The summed E-state index contributed by atoms with van der Waals surface area (Å²) < 4.78 is 0. The van der Waals surface area contributed by atoms with Crippen molar-refractivity contribution in [2.24, 2.45) is 0 Å². The molecule has 1 N–H and O–H groups in total. The van der Waals surface area contributed by atoms with Crippen molar-refractivity contribution in [3.05, 3.63) is 70.8 Å². The Morgan fingerprint density at radius 1 is 1.21 bits per heavy atom. The molecule has 2 aliphatic rings. The first kappa shape index (κ1) is 15.3. The fourth-order valence-electron chi connectivity index (χ4n) is 3.26. The summed E-state index contributed by atoms with van der Waals surface area (Å²) in [6, 6.07) is 15.3. The highest BCUT2D eigenvalue weighted by molar-refractivity contribution is 7.99. The van der Waals surface area contributed by atoms with Crippen LogP contribution < -0.4 is 5.32 Å². The third-order valence-electron chi connectivity index (χ3n) is 4.58. The molecule has 4 rings (SSSR count). The zero-order valence-corrected chi connectivity index (χ0v) is 14.2. The number of amides is 2. The van der Waals surface area contributed by atoms with Crippen LogP contribution in [-0.4, -0.2) is 28.5 Å². The third-order valence-corrected chi connectivity index (χ3v) is 5.89. The topological polar surface area (TPSA) is 49.4 Å². The van der Waals surface area contributed by atoms with Crippen LogP contribution in [0.15, 0.2) is 48.5 Å². The number of nitrogens with zero attached hydrogens (tertiary/aromatic N) is 1. The largest absolute Gasteiger partial charge is 0.350 e. The van der Waals surface area contributed by atoms with E-state index in [9.17, 15) is 9.59 Å². The Balaban J connectivity index is 1.47. The van der Waals surface area contributed by atoms with Crippen molar-refractivity contribution in [3.63, 3.8) is 0 Å². The minimum atomic E-state index is -0.398. The minimum Gasteiger partial charge on any atom is -0.350 e. The number of carbonyl (C=O) groups excluding carboxylic acids is 2. The SMILES string of the molecule is Cc1ccc(CNC(=O)C2CSC3c4ccccc4C(=O)N23)cc1. The van der Waals surface area contributed by atoms with E-state index in [0.717, 1.165) is 16.7 Å². The molecule has 2 atom stereocenters. The van der Waals surface area contributed by atoms with Gasteiger partial charge < -0.3 is 10.2 Å². The molecule has 2 aromatic rings. The highest BCUT2D eigenvalue weighted by Crippen LogP contribution is 2.47. The molecule has 0 saturated carbocycles. The molecule has 2 aliphatic heterocycles. The van der Waals surface area contributed by atoms with E-state index < -0.39 is 6.04 Å². The van der Waals surface area contributed by atoms with E-state index in [-0.39, 0.29) is 17.2 Å². The van der Waals surface area contributed by atoms with Crippen molar-refractivity contribution in [2.45, 2.75) is 24.9 Å². The summed E-state index contributed by atoms with van der Waals surface area (Å²) in [5, 5.41) is 2.95. The number of hydrogen-bond donors (Lipinski definition) is 1. The molecular formula is C19H18N2O2S. The van der Waals surface area contributed by atoms with Gasteiger partial charge in [0.15, 0.2) is 0 Å². The van der Waals surface area contributed by atoms with Gasteiger partial charge in [0, 0.05) is 17.9 Å². The zero-order chi connectivity index (χ0) is 16.7. The smallest absolute Gasteiger partial charge is 0.256 e. The lowest BCUT2D eigenvalue weighted by atomic mass is 10.1. The maximum absolute atomic E-state index is 12.6. The standard InChI is InChI=1S/C19H18N2O2S/c1-12-6-8-13(9-7-12)10-20-17(22)16-11-24-19-15-5-3-2-4-14(15)18(23)21(16)19/h2-9,16,19H,10-11H2,1H3,(H,20,22). The lowest BCUT2D eigenvalue weighted by Gasteiger charge is -2.22. The first-order valence-corrected chi connectivity index (χ1v) is 9.06. The Kier molecular flexibility index (Phi) is 3.81. The molecule has 0 aliphatic carbocycles. The molecule has 1 fully saturated rings. The van der Waals surface area contributed by atoms with Gasteiger partial charge in [-0.15, -0.1) is 11.8 Å². The fraction of sp³-hybridized carbons (Fsp3) is 0.263. The van der Waals surface area contributed by atoms with Crippen molar-refractivity contribution in [1.82, 2.24) is 10.2 Å². The van der Waals surface area contributed by atoms with Gasteiger partial charge in [0.1, 0.15) is 11.4 Å². The van der Waals surface area contributed by atoms with Gasteiger partial charge in [0.05, 0.1) is 0 Å². The lowest BCUT2D eigenvalue weighted by Crippen LogP contribution is -2.45. The monoisotopic (exact) mass is 338 g/mol. The van der Waals surface area contributed by atoms with Gasteiger partial charge >= 0.3 is 0 Å². The minimum absolute atomic E-state index is 0.0242. The van der Waals surface area contributed by atoms with Gasteiger partial charge in [-0.1, -0.05) is 48.0 Å². The van der Waals surface area contributed by atoms with Crippen molar-refractivity contribution < 1.29 is 9.59 Å². The Labute approximate surface area is 145 Å². The second-order valence-corrected chi connectivity index (χ2v) is 7.32. The number of nitrogens with one attached hydrogen (secondary N) is 1. The Morgan fingerprint density at radius 3 is 2.75 bits per heavy atom. The molecule has 1 saturated heterocycles. The number of thioether (sulfide) groups is 1. The normalized spacial score (nSPS) is 21.5. The molecule has 0 radical (unpaired) electrons. The lowest BCUT2D eigenvalue weighted by molar-refractivity contribution is -0.124. The van der Waals surface area contributed by atoms with Gasteiger partial charge in [-0.3, -0.25) is 9.59 Å². The Morgan fingerprint density at radius 2 is 1.96 bits per heavy atom. The van der Waals surface area contributed by atoms with Crippen LogP contribution in [0.3, 0.4) is 0 Å². The molecule has 24 heavy (non-hydrogen) atoms. The molecule has 2 aromatic carbocycles. The van der Waals surface area contributed by atoms with Crippen LogP contribution in [0.4, 0.5) is 0 Å². The van der Waals surface area contributed by atoms with Crippen LogP contribution in [-0.2, 0) is 11.3 Å². The Bertz CT molecular complexity index is 803. The number of aryl methyl sites for hydroxylation is 1. The van der Waals surface area contributed by atoms with Crippen LogP contribution in [0.2, 0.25) is 0 Å². The predicted molar refractivity (Wildman–Crippen MR) is 94.6 cm³/mol. The number of rotatable bonds is 3. The predicted octanol–water partition coefficient (Wildman–Crippen LogP) is 2.88. The second-order valence-electron chi connectivity index (χ2n) is 6.20. The summed E-state index contributed by atoms with van der Waals surface area (Å²) in [6.45, 7) is 2.52. The fourth-order valence-corrected chi connectivity index (χ4v) is 4.72. The van der Waals surface area contributed by atoms with Crippen molar-refractivity contribution in [2.75, 3.05) is 5.75 Å². The highest BCUT2D eigenvalue weighted by atomic mass is 32.2. The van der Waals surface area contributed by atoms with Crippen LogP contribution in [0.1, 0.15) is 32.4 Å². The van der Waals surface area contributed by atoms with E-state index in [2.05, 4.69) is 5.32 Å². The summed E-state index contributed by atoms with van der Waals surface area (Å²) >= 11 is 1.66. The summed E-state index contributed by atoms with van der Waals surface area (Å²) in [6.07, 6.45) is 0. The van der Waals surface area contributed by atoms with E-state index >= 15 is 0 Å². The first-order valence-electron chi connectivity index (χ1n) is 8.01. The zero-order valence-electron chi connectivity index (χ0n) is 13.4. The molecule has 2 heterocycles. The second kappa shape index (κ2) is 5.98. The van der Waals surface area contributed by atoms with Crippen LogP contribution in [0, 0.1) is 6.92 Å². The summed E-state index contributed by atoms with van der Waals surface area (Å²) in [5.41, 5.74) is 4.01. The van der Waals surface area contributed by atoms with E-state index in [1.54, 1.807) is 16.7 Å². The van der Waals surface area contributed by atoms with E-state index in [1.807, 2.05) is 55.5 Å². The van der Waals surface area contributed by atoms with Crippen molar-refractivity contribution in [1.29, 1.82) is 0 Å². The molecule has 0 bridgehead atoms.